The average Bonchev–Trinajstić information content (AvgIpc) is 2.55. The van der Waals surface area contributed by atoms with Gasteiger partial charge in [0.25, 0.3) is 5.91 Å². The van der Waals surface area contributed by atoms with E-state index < -0.39 is 0 Å². The Morgan fingerprint density at radius 1 is 1.17 bits per heavy atom. The fourth-order valence-electron chi connectivity index (χ4n) is 2.06. The molecule has 5 nitrogen and oxygen atoms in total. The molecule has 0 unspecified atom stereocenters. The van der Waals surface area contributed by atoms with E-state index in [1.54, 1.807) is 38.5 Å². The Hall–Kier alpha value is -2.21. The molecule has 0 saturated heterocycles. The van der Waals surface area contributed by atoms with Gasteiger partial charge in [-0.1, -0.05) is 6.07 Å². The van der Waals surface area contributed by atoms with E-state index in [9.17, 15) is 4.79 Å². The summed E-state index contributed by atoms with van der Waals surface area (Å²) < 4.78 is 16.6. The summed E-state index contributed by atoms with van der Waals surface area (Å²) in [6.45, 7) is 2.35. The van der Waals surface area contributed by atoms with Crippen molar-refractivity contribution in [3.8, 4) is 17.2 Å². The minimum atomic E-state index is -0.248. The van der Waals surface area contributed by atoms with Gasteiger partial charge >= 0.3 is 0 Å². The van der Waals surface area contributed by atoms with Crippen LogP contribution >= 0.6 is 15.9 Å². The van der Waals surface area contributed by atoms with Crippen LogP contribution in [0.5, 0.6) is 17.2 Å². The molecule has 0 aliphatic carbocycles. The summed E-state index contributed by atoms with van der Waals surface area (Å²) in [6, 6.07) is 10.5. The van der Waals surface area contributed by atoms with Gasteiger partial charge in [-0.15, -0.1) is 0 Å². The second-order valence-electron chi connectivity index (χ2n) is 4.61. The van der Waals surface area contributed by atoms with E-state index in [1.807, 2.05) is 19.1 Å². The SMILES string of the molecule is CCOc1cc(C(=O)Nc2cccc(OC)c2)cc(Br)c1OC. The lowest BCUT2D eigenvalue weighted by atomic mass is 10.1. The smallest absolute Gasteiger partial charge is 0.255 e. The van der Waals surface area contributed by atoms with Crippen molar-refractivity contribution < 1.29 is 19.0 Å². The number of halogens is 1. The number of anilines is 1. The van der Waals surface area contributed by atoms with E-state index in [1.165, 1.54) is 0 Å². The van der Waals surface area contributed by atoms with Crippen molar-refractivity contribution in [3.63, 3.8) is 0 Å². The van der Waals surface area contributed by atoms with Gasteiger partial charge in [0.2, 0.25) is 0 Å². The van der Waals surface area contributed by atoms with Gasteiger partial charge in [-0.3, -0.25) is 4.79 Å². The fourth-order valence-corrected chi connectivity index (χ4v) is 2.67. The van der Waals surface area contributed by atoms with Crippen LogP contribution in [0.25, 0.3) is 0 Å². The lowest BCUT2D eigenvalue weighted by molar-refractivity contribution is 0.102. The number of rotatable bonds is 6. The minimum Gasteiger partial charge on any atom is -0.497 e. The highest BCUT2D eigenvalue weighted by Crippen LogP contribution is 2.36. The van der Waals surface area contributed by atoms with E-state index in [4.69, 9.17) is 14.2 Å². The van der Waals surface area contributed by atoms with Gasteiger partial charge in [0.15, 0.2) is 11.5 Å². The van der Waals surface area contributed by atoms with E-state index >= 15 is 0 Å². The van der Waals surface area contributed by atoms with Crippen molar-refractivity contribution in [3.05, 3.63) is 46.4 Å². The first-order chi connectivity index (χ1) is 11.1. The van der Waals surface area contributed by atoms with Gasteiger partial charge in [-0.05, 0) is 47.1 Å². The Balaban J connectivity index is 2.28. The largest absolute Gasteiger partial charge is 0.497 e. The summed E-state index contributed by atoms with van der Waals surface area (Å²) in [5.41, 5.74) is 1.11. The van der Waals surface area contributed by atoms with Crippen molar-refractivity contribution in [2.75, 3.05) is 26.1 Å². The van der Waals surface area contributed by atoms with E-state index in [0.717, 1.165) is 0 Å². The molecule has 2 aromatic rings. The van der Waals surface area contributed by atoms with Gasteiger partial charge < -0.3 is 19.5 Å². The molecule has 0 aromatic heterocycles. The van der Waals surface area contributed by atoms with E-state index in [-0.39, 0.29) is 5.91 Å². The second kappa shape index (κ2) is 7.87. The molecule has 0 spiro atoms. The molecule has 0 atom stereocenters. The Morgan fingerprint density at radius 2 is 1.96 bits per heavy atom. The highest BCUT2D eigenvalue weighted by atomic mass is 79.9. The molecule has 2 rings (SSSR count). The van der Waals surface area contributed by atoms with Crippen LogP contribution in [-0.2, 0) is 0 Å². The molecule has 1 N–H and O–H groups in total. The molecule has 0 fully saturated rings. The minimum absolute atomic E-state index is 0.248. The fraction of sp³-hybridized carbons (Fsp3) is 0.235. The quantitative estimate of drug-likeness (QED) is 0.819. The van der Waals surface area contributed by atoms with Gasteiger partial charge in [-0.25, -0.2) is 0 Å². The number of amides is 1. The monoisotopic (exact) mass is 379 g/mol. The summed E-state index contributed by atoms with van der Waals surface area (Å²) in [4.78, 5) is 12.5. The highest BCUT2D eigenvalue weighted by molar-refractivity contribution is 9.10. The summed E-state index contributed by atoms with van der Waals surface area (Å²) in [6.07, 6.45) is 0. The van der Waals surface area contributed by atoms with Gasteiger partial charge in [0.1, 0.15) is 5.75 Å². The maximum absolute atomic E-state index is 12.5. The zero-order chi connectivity index (χ0) is 16.8. The van der Waals surface area contributed by atoms with Crippen molar-refractivity contribution in [1.82, 2.24) is 0 Å². The second-order valence-corrected chi connectivity index (χ2v) is 5.46. The number of hydrogen-bond acceptors (Lipinski definition) is 4. The normalized spacial score (nSPS) is 10.1. The average molecular weight is 380 g/mol. The number of hydrogen-bond donors (Lipinski definition) is 1. The molecule has 2 aromatic carbocycles. The number of benzene rings is 2. The van der Waals surface area contributed by atoms with Crippen molar-refractivity contribution in [1.29, 1.82) is 0 Å². The van der Waals surface area contributed by atoms with Crippen LogP contribution in [0.2, 0.25) is 0 Å². The topological polar surface area (TPSA) is 56.8 Å². The standard InChI is InChI=1S/C17H18BrNO4/c1-4-23-15-9-11(8-14(18)16(15)22-3)17(20)19-12-6-5-7-13(10-12)21-2/h5-10H,4H2,1-3H3,(H,19,20). The molecule has 23 heavy (non-hydrogen) atoms. The zero-order valence-corrected chi connectivity index (χ0v) is 14.8. The summed E-state index contributed by atoms with van der Waals surface area (Å²) in [5, 5.41) is 2.83. The molecule has 0 aliphatic heterocycles. The lowest BCUT2D eigenvalue weighted by Crippen LogP contribution is -2.12. The first-order valence-corrected chi connectivity index (χ1v) is 7.84. The summed E-state index contributed by atoms with van der Waals surface area (Å²) in [5.74, 6) is 1.50. The van der Waals surface area contributed by atoms with Gasteiger partial charge in [0, 0.05) is 17.3 Å². The van der Waals surface area contributed by atoms with Crippen LogP contribution < -0.4 is 19.5 Å². The first kappa shape index (κ1) is 17.1. The van der Waals surface area contributed by atoms with Gasteiger partial charge in [0.05, 0.1) is 25.3 Å². The highest BCUT2D eigenvalue weighted by Gasteiger charge is 2.15. The number of carbonyl (C=O) groups excluding carboxylic acids is 1. The Morgan fingerprint density at radius 3 is 2.61 bits per heavy atom. The molecule has 0 heterocycles. The predicted octanol–water partition coefficient (Wildman–Crippen LogP) is 4.12. The Bertz CT molecular complexity index is 703. The molecule has 0 saturated carbocycles. The summed E-state index contributed by atoms with van der Waals surface area (Å²) in [7, 11) is 3.13. The van der Waals surface area contributed by atoms with Gasteiger partial charge in [-0.2, -0.15) is 0 Å². The van der Waals surface area contributed by atoms with E-state index in [2.05, 4.69) is 21.2 Å². The van der Waals surface area contributed by atoms with Crippen LogP contribution in [-0.4, -0.2) is 26.7 Å². The third kappa shape index (κ3) is 4.16. The van der Waals surface area contributed by atoms with Crippen LogP contribution in [0.3, 0.4) is 0 Å². The van der Waals surface area contributed by atoms with E-state index in [0.29, 0.717) is 39.6 Å². The molecule has 6 heteroatoms. The molecular weight excluding hydrogens is 362 g/mol. The van der Waals surface area contributed by atoms with Crippen LogP contribution in [0.4, 0.5) is 5.69 Å². The first-order valence-electron chi connectivity index (χ1n) is 7.04. The molecule has 1 amide bonds. The Kier molecular flexibility index (Phi) is 5.87. The van der Waals surface area contributed by atoms with Crippen molar-refractivity contribution in [2.24, 2.45) is 0 Å². The maximum atomic E-state index is 12.5. The number of nitrogens with one attached hydrogen (secondary N) is 1. The lowest BCUT2D eigenvalue weighted by Gasteiger charge is -2.13. The number of carbonyl (C=O) groups is 1. The predicted molar refractivity (Wildman–Crippen MR) is 92.8 cm³/mol. The van der Waals surface area contributed by atoms with Crippen molar-refractivity contribution >= 4 is 27.5 Å². The Labute approximate surface area is 143 Å². The zero-order valence-electron chi connectivity index (χ0n) is 13.2. The third-order valence-electron chi connectivity index (χ3n) is 3.10. The number of ether oxygens (including phenoxy) is 3. The van der Waals surface area contributed by atoms with Crippen LogP contribution in [0.1, 0.15) is 17.3 Å². The van der Waals surface area contributed by atoms with Crippen LogP contribution in [0.15, 0.2) is 40.9 Å². The molecule has 0 bridgehead atoms. The molecule has 0 aliphatic rings. The third-order valence-corrected chi connectivity index (χ3v) is 3.69. The summed E-state index contributed by atoms with van der Waals surface area (Å²) >= 11 is 3.40. The molecule has 122 valence electrons. The molecule has 0 radical (unpaired) electrons. The van der Waals surface area contributed by atoms with Crippen molar-refractivity contribution in [2.45, 2.75) is 6.92 Å². The maximum Gasteiger partial charge on any atom is 0.255 e. The number of methoxy groups -OCH3 is 2. The van der Waals surface area contributed by atoms with Crippen LogP contribution in [0, 0.1) is 0 Å². The molecular formula is C17H18BrNO4.